The molecule has 1 atom stereocenters. The molecule has 0 spiro atoms. The van der Waals surface area contributed by atoms with Crippen LogP contribution in [-0.2, 0) is 11.3 Å². The number of anilines is 2. The third-order valence-corrected chi connectivity index (χ3v) is 6.93. The first-order chi connectivity index (χ1) is 20.9. The van der Waals surface area contributed by atoms with Gasteiger partial charge in [0.2, 0.25) is 0 Å². The van der Waals surface area contributed by atoms with Gasteiger partial charge in [-0.2, -0.15) is 0 Å². The number of aliphatic hydroxyl groups excluding tert-OH is 2. The topological polar surface area (TPSA) is 139 Å². The standard InChI is InChI=1S/C30H29Cl2N3O5.C3H8O/c31-23-14-24(32)16-25(15-23)34-30(40)35(26-12-10-21(11-13-26)20-4-2-1-3-5-20)18-19-6-8-22(9-7-19)28(37)33-17-27(36)29(38)39;1-3(2)4/h4,6-16,27,36H,1-3,5,17-18H2,(H,33,37)(H,34,40)(H,38,39);3-4H,1-2H3/t27-;/m1./s1. The zero-order valence-corrected chi connectivity index (χ0v) is 26.1. The van der Waals surface area contributed by atoms with Crippen molar-refractivity contribution in [1.82, 2.24) is 5.32 Å². The predicted octanol–water partition coefficient (Wildman–Crippen LogP) is 6.75. The number of rotatable bonds is 9. The number of hydrogen-bond donors (Lipinski definition) is 5. The number of aliphatic hydroxyl groups is 2. The zero-order valence-electron chi connectivity index (χ0n) is 24.6. The van der Waals surface area contributed by atoms with Crippen LogP contribution in [0.25, 0.3) is 5.57 Å². The first-order valence-corrected chi connectivity index (χ1v) is 15.0. The molecule has 3 amide bonds. The number of urea groups is 1. The van der Waals surface area contributed by atoms with E-state index in [1.165, 1.54) is 18.4 Å². The van der Waals surface area contributed by atoms with Crippen LogP contribution in [0.1, 0.15) is 61.0 Å². The smallest absolute Gasteiger partial charge is 0.334 e. The van der Waals surface area contributed by atoms with Crippen LogP contribution in [0.5, 0.6) is 0 Å². The average molecular weight is 643 g/mol. The largest absolute Gasteiger partial charge is 0.479 e. The maximum atomic E-state index is 13.5. The molecular weight excluding hydrogens is 605 g/mol. The molecule has 0 saturated heterocycles. The molecule has 5 N–H and O–H groups in total. The van der Waals surface area contributed by atoms with Gasteiger partial charge in [0.25, 0.3) is 5.91 Å². The Labute approximate surface area is 267 Å². The minimum absolute atomic E-state index is 0.167. The maximum Gasteiger partial charge on any atom is 0.334 e. The molecule has 0 radical (unpaired) electrons. The van der Waals surface area contributed by atoms with Gasteiger partial charge in [-0.15, -0.1) is 0 Å². The van der Waals surface area contributed by atoms with E-state index in [2.05, 4.69) is 16.7 Å². The van der Waals surface area contributed by atoms with Gasteiger partial charge in [0, 0.05) is 33.1 Å². The number of carbonyl (C=O) groups excluding carboxylic acids is 2. The molecule has 0 aliphatic heterocycles. The van der Waals surface area contributed by atoms with Crippen LogP contribution in [0.15, 0.2) is 72.8 Å². The quantitative estimate of drug-likeness (QED) is 0.175. The lowest BCUT2D eigenvalue weighted by atomic mass is 9.93. The van der Waals surface area contributed by atoms with Crippen LogP contribution in [0, 0.1) is 0 Å². The summed E-state index contributed by atoms with van der Waals surface area (Å²) in [5.74, 6) is -1.94. The van der Waals surface area contributed by atoms with Gasteiger partial charge in [0.1, 0.15) is 0 Å². The highest BCUT2D eigenvalue weighted by Crippen LogP contribution is 2.29. The number of nitrogens with zero attached hydrogens (tertiary/aromatic N) is 1. The van der Waals surface area contributed by atoms with Crippen molar-refractivity contribution in [3.63, 3.8) is 0 Å². The van der Waals surface area contributed by atoms with E-state index in [1.807, 2.05) is 24.3 Å². The Kier molecular flexibility index (Phi) is 13.2. The van der Waals surface area contributed by atoms with E-state index in [9.17, 15) is 19.5 Å². The lowest BCUT2D eigenvalue weighted by Gasteiger charge is -2.24. The first-order valence-electron chi connectivity index (χ1n) is 14.2. The van der Waals surface area contributed by atoms with Crippen LogP contribution in [0.4, 0.5) is 16.2 Å². The Morgan fingerprint density at radius 2 is 1.52 bits per heavy atom. The first kappa shape index (κ1) is 34.6. The fraction of sp³-hybridized carbons (Fsp3) is 0.303. The van der Waals surface area contributed by atoms with Gasteiger partial charge in [0.15, 0.2) is 6.10 Å². The van der Waals surface area contributed by atoms with E-state index in [-0.39, 0.29) is 18.2 Å². The van der Waals surface area contributed by atoms with E-state index >= 15 is 0 Å². The summed E-state index contributed by atoms with van der Waals surface area (Å²) < 4.78 is 0. The summed E-state index contributed by atoms with van der Waals surface area (Å²) in [7, 11) is 0. The van der Waals surface area contributed by atoms with Gasteiger partial charge in [0.05, 0.1) is 13.1 Å². The summed E-state index contributed by atoms with van der Waals surface area (Å²) in [5, 5.41) is 32.2. The molecule has 0 bridgehead atoms. The molecule has 1 aliphatic carbocycles. The van der Waals surface area contributed by atoms with Crippen LogP contribution in [-0.4, -0.2) is 52.0 Å². The van der Waals surface area contributed by atoms with Gasteiger partial charge < -0.3 is 26.0 Å². The second kappa shape index (κ2) is 16.8. The molecule has 0 heterocycles. The fourth-order valence-electron chi connectivity index (χ4n) is 4.38. The molecule has 11 heteroatoms. The van der Waals surface area contributed by atoms with Crippen molar-refractivity contribution in [3.8, 4) is 0 Å². The zero-order chi connectivity index (χ0) is 32.2. The van der Waals surface area contributed by atoms with Crippen molar-refractivity contribution >= 4 is 58.1 Å². The number of hydrogen-bond acceptors (Lipinski definition) is 5. The highest BCUT2D eigenvalue weighted by molar-refractivity contribution is 6.35. The van der Waals surface area contributed by atoms with Crippen LogP contribution in [0.2, 0.25) is 10.0 Å². The molecule has 0 fully saturated rings. The molecule has 234 valence electrons. The van der Waals surface area contributed by atoms with E-state index in [4.69, 9.17) is 33.4 Å². The highest BCUT2D eigenvalue weighted by Gasteiger charge is 2.19. The molecule has 9 nitrogen and oxygen atoms in total. The molecule has 0 saturated carbocycles. The monoisotopic (exact) mass is 641 g/mol. The Hall–Kier alpha value is -3.89. The summed E-state index contributed by atoms with van der Waals surface area (Å²) in [6.07, 6.45) is 4.89. The van der Waals surface area contributed by atoms with Crippen molar-refractivity contribution in [2.45, 2.75) is 58.3 Å². The Morgan fingerprint density at radius 1 is 0.909 bits per heavy atom. The predicted molar refractivity (Wildman–Crippen MR) is 174 cm³/mol. The number of carbonyl (C=O) groups is 3. The Morgan fingerprint density at radius 3 is 2.07 bits per heavy atom. The Bertz CT molecular complexity index is 1440. The lowest BCUT2D eigenvalue weighted by molar-refractivity contribution is -0.146. The van der Waals surface area contributed by atoms with Crippen LogP contribution in [0.3, 0.4) is 0 Å². The van der Waals surface area contributed by atoms with Crippen molar-refractivity contribution in [3.05, 3.63) is 99.5 Å². The third-order valence-electron chi connectivity index (χ3n) is 6.50. The number of carboxylic acid groups (broad SMARTS) is 1. The molecule has 44 heavy (non-hydrogen) atoms. The van der Waals surface area contributed by atoms with Crippen molar-refractivity contribution in [2.24, 2.45) is 0 Å². The number of halogens is 2. The SMILES string of the molecule is CC(C)O.O=C(NC[C@@H](O)C(=O)O)c1ccc(CN(C(=O)Nc2cc(Cl)cc(Cl)c2)c2ccc(C3=CCCCC3)cc2)cc1. The normalized spacial score (nSPS) is 13.2. The molecule has 4 rings (SSSR count). The summed E-state index contributed by atoms with van der Waals surface area (Å²) >= 11 is 12.2. The second-order valence-electron chi connectivity index (χ2n) is 10.6. The molecule has 0 unspecified atom stereocenters. The van der Waals surface area contributed by atoms with Crippen molar-refractivity contribution in [2.75, 3.05) is 16.8 Å². The number of carboxylic acids is 1. The number of allylic oxidation sites excluding steroid dienone is 2. The maximum absolute atomic E-state index is 13.5. The van der Waals surface area contributed by atoms with Crippen LogP contribution < -0.4 is 15.5 Å². The lowest BCUT2D eigenvalue weighted by Crippen LogP contribution is -2.36. The van der Waals surface area contributed by atoms with E-state index < -0.39 is 30.6 Å². The summed E-state index contributed by atoms with van der Waals surface area (Å²) in [6, 6.07) is 18.8. The number of benzene rings is 3. The molecule has 0 aromatic heterocycles. The molecule has 3 aromatic carbocycles. The van der Waals surface area contributed by atoms with Gasteiger partial charge >= 0.3 is 12.0 Å². The van der Waals surface area contributed by atoms with E-state index in [0.29, 0.717) is 21.4 Å². The minimum Gasteiger partial charge on any atom is -0.479 e. The van der Waals surface area contributed by atoms with Gasteiger partial charge in [-0.05, 0) is 98.7 Å². The van der Waals surface area contributed by atoms with Gasteiger partial charge in [-0.3, -0.25) is 9.69 Å². The number of nitrogens with one attached hydrogen (secondary N) is 2. The van der Waals surface area contributed by atoms with Crippen molar-refractivity contribution < 1.29 is 29.7 Å². The van der Waals surface area contributed by atoms with Gasteiger partial charge in [-0.25, -0.2) is 9.59 Å². The van der Waals surface area contributed by atoms with Crippen LogP contribution >= 0.6 is 23.2 Å². The van der Waals surface area contributed by atoms with Crippen molar-refractivity contribution in [1.29, 1.82) is 0 Å². The fourth-order valence-corrected chi connectivity index (χ4v) is 4.90. The van der Waals surface area contributed by atoms with E-state index in [0.717, 1.165) is 24.0 Å². The summed E-state index contributed by atoms with van der Waals surface area (Å²) in [6.45, 7) is 3.23. The summed E-state index contributed by atoms with van der Waals surface area (Å²) in [4.78, 5) is 38.2. The molecular formula is C33H37Cl2N3O6. The Balaban J connectivity index is 0.00000124. The van der Waals surface area contributed by atoms with Gasteiger partial charge in [-0.1, -0.05) is 53.5 Å². The van der Waals surface area contributed by atoms with E-state index in [1.54, 1.807) is 61.2 Å². The summed E-state index contributed by atoms with van der Waals surface area (Å²) in [5.41, 5.74) is 4.61. The molecule has 1 aliphatic rings. The highest BCUT2D eigenvalue weighted by atomic mass is 35.5. The molecule has 3 aromatic rings. The number of aliphatic carboxylic acids is 1. The second-order valence-corrected chi connectivity index (χ2v) is 11.4. The third kappa shape index (κ3) is 11.0. The minimum atomic E-state index is -1.69. The average Bonchev–Trinajstić information content (AvgIpc) is 2.98. The number of amides is 3.